The summed E-state index contributed by atoms with van der Waals surface area (Å²) in [6.07, 6.45) is 2.16. The van der Waals surface area contributed by atoms with E-state index in [4.69, 9.17) is 20.8 Å². The van der Waals surface area contributed by atoms with Gasteiger partial charge >= 0.3 is 5.97 Å². The lowest BCUT2D eigenvalue weighted by Gasteiger charge is -2.17. The van der Waals surface area contributed by atoms with E-state index in [9.17, 15) is 19.7 Å². The van der Waals surface area contributed by atoms with E-state index < -0.39 is 22.8 Å². The number of hydrogen-bond donors (Lipinski definition) is 1. The molecule has 0 bridgehead atoms. The maximum Gasteiger partial charge on any atom is 0.329 e. The number of carbonyl (C=O) groups is 2. The minimum atomic E-state index is -0.965. The summed E-state index contributed by atoms with van der Waals surface area (Å²) in [5.74, 6) is -0.360. The molecule has 1 atom stereocenters. The second-order valence-electron chi connectivity index (χ2n) is 6.70. The summed E-state index contributed by atoms with van der Waals surface area (Å²) in [5, 5.41) is 21.1. The highest BCUT2D eigenvalue weighted by atomic mass is 35.5. The predicted octanol–water partition coefficient (Wildman–Crippen LogP) is 3.89. The first-order valence-electron chi connectivity index (χ1n) is 9.67. The number of aromatic nitrogens is 2. The summed E-state index contributed by atoms with van der Waals surface area (Å²) in [6.45, 7) is -0.261. The molecular formula is C21H19ClN4O6S. The van der Waals surface area contributed by atoms with Gasteiger partial charge in [0.25, 0.3) is 17.5 Å². The van der Waals surface area contributed by atoms with Gasteiger partial charge < -0.3 is 14.5 Å². The fourth-order valence-corrected chi connectivity index (χ4v) is 3.50. The molecule has 2 aromatic carbocycles. The number of non-ortho nitro benzene ring substituents is 1. The summed E-state index contributed by atoms with van der Waals surface area (Å²) >= 11 is 7.51. The number of nitro benzene ring substituents is 1. The van der Waals surface area contributed by atoms with E-state index in [0.717, 1.165) is 17.7 Å². The number of nitrogens with zero attached hydrogens (tertiary/aromatic N) is 3. The van der Waals surface area contributed by atoms with Gasteiger partial charge in [0.1, 0.15) is 6.04 Å². The van der Waals surface area contributed by atoms with E-state index in [2.05, 4.69) is 15.5 Å². The Hall–Kier alpha value is -3.44. The number of benzene rings is 2. The molecule has 1 N–H and O–H groups in total. The molecule has 0 aliphatic rings. The molecule has 0 aliphatic heterocycles. The van der Waals surface area contributed by atoms with Crippen LogP contribution in [0.4, 0.5) is 5.69 Å². The lowest BCUT2D eigenvalue weighted by Crippen LogP contribution is -2.42. The van der Waals surface area contributed by atoms with Crippen LogP contribution in [0.25, 0.3) is 11.5 Å². The maximum atomic E-state index is 12.6. The summed E-state index contributed by atoms with van der Waals surface area (Å²) in [7, 11) is 0. The summed E-state index contributed by atoms with van der Waals surface area (Å²) in [6, 6.07) is 11.6. The first-order chi connectivity index (χ1) is 15.9. The van der Waals surface area contributed by atoms with Crippen LogP contribution in [0.3, 0.4) is 0 Å². The van der Waals surface area contributed by atoms with Crippen molar-refractivity contribution >= 4 is 40.9 Å². The minimum Gasteiger partial charge on any atom is -0.454 e. The van der Waals surface area contributed by atoms with Crippen LogP contribution in [0.1, 0.15) is 22.7 Å². The molecule has 0 saturated carbocycles. The Bertz CT molecular complexity index is 1140. The van der Waals surface area contributed by atoms with Crippen molar-refractivity contribution in [3.63, 3.8) is 0 Å². The molecule has 172 valence electrons. The Morgan fingerprint density at radius 3 is 2.67 bits per heavy atom. The highest BCUT2D eigenvalue weighted by Crippen LogP contribution is 2.23. The molecule has 1 amide bonds. The largest absolute Gasteiger partial charge is 0.454 e. The molecule has 1 unspecified atom stereocenters. The zero-order valence-corrected chi connectivity index (χ0v) is 19.0. The number of carbonyl (C=O) groups excluding carboxylic acids is 2. The van der Waals surface area contributed by atoms with E-state index in [-0.39, 0.29) is 28.8 Å². The van der Waals surface area contributed by atoms with Gasteiger partial charge in [0.2, 0.25) is 5.89 Å². The van der Waals surface area contributed by atoms with Gasteiger partial charge in [0.15, 0.2) is 6.61 Å². The van der Waals surface area contributed by atoms with Crippen molar-refractivity contribution in [2.75, 3.05) is 12.0 Å². The van der Waals surface area contributed by atoms with Gasteiger partial charge in [-0.15, -0.1) is 10.2 Å². The number of hydrogen-bond acceptors (Lipinski definition) is 9. The number of ether oxygens (including phenoxy) is 1. The molecule has 10 nitrogen and oxygen atoms in total. The Morgan fingerprint density at radius 1 is 1.24 bits per heavy atom. The third-order valence-corrected chi connectivity index (χ3v) is 5.39. The van der Waals surface area contributed by atoms with Crippen LogP contribution in [0.15, 0.2) is 52.9 Å². The van der Waals surface area contributed by atoms with E-state index in [1.807, 2.05) is 24.5 Å². The van der Waals surface area contributed by atoms with E-state index >= 15 is 0 Å². The van der Waals surface area contributed by atoms with E-state index in [1.165, 1.54) is 17.8 Å². The quantitative estimate of drug-likeness (QED) is 0.255. The normalized spacial score (nSPS) is 11.6. The predicted molar refractivity (Wildman–Crippen MR) is 122 cm³/mol. The summed E-state index contributed by atoms with van der Waals surface area (Å²) in [4.78, 5) is 35.5. The molecule has 0 aliphatic carbocycles. The first-order valence-corrected chi connectivity index (χ1v) is 11.4. The Labute approximate surface area is 197 Å². The second kappa shape index (κ2) is 11.4. The number of rotatable bonds is 10. The lowest BCUT2D eigenvalue weighted by atomic mass is 10.1. The van der Waals surface area contributed by atoms with Gasteiger partial charge in [0, 0.05) is 17.7 Å². The third kappa shape index (κ3) is 6.53. The van der Waals surface area contributed by atoms with Crippen molar-refractivity contribution in [3.8, 4) is 11.5 Å². The van der Waals surface area contributed by atoms with Crippen LogP contribution >= 0.6 is 23.4 Å². The number of halogens is 1. The molecule has 33 heavy (non-hydrogen) atoms. The molecule has 3 aromatic rings. The van der Waals surface area contributed by atoms with Crippen LogP contribution in [-0.2, 0) is 16.1 Å². The zero-order chi connectivity index (χ0) is 23.8. The molecule has 0 spiro atoms. The van der Waals surface area contributed by atoms with Crippen molar-refractivity contribution in [2.45, 2.75) is 19.1 Å². The molecule has 3 rings (SSSR count). The van der Waals surface area contributed by atoms with Crippen molar-refractivity contribution < 1.29 is 23.7 Å². The number of thioether (sulfide) groups is 1. The fourth-order valence-electron chi connectivity index (χ4n) is 2.77. The monoisotopic (exact) mass is 490 g/mol. The number of nitrogens with one attached hydrogen (secondary N) is 1. The molecule has 1 aromatic heterocycles. The SMILES string of the molecule is CSCCC(NC(=O)c1ccc([N+](=O)[O-])cc1Cl)C(=O)OCc1nnc(-c2ccccc2)o1. The highest BCUT2D eigenvalue weighted by molar-refractivity contribution is 7.98. The van der Waals surface area contributed by atoms with Gasteiger partial charge in [-0.3, -0.25) is 14.9 Å². The van der Waals surface area contributed by atoms with E-state index in [1.54, 1.807) is 12.1 Å². The number of esters is 1. The van der Waals surface area contributed by atoms with Crippen LogP contribution in [-0.4, -0.2) is 45.0 Å². The number of amides is 1. The smallest absolute Gasteiger partial charge is 0.329 e. The lowest BCUT2D eigenvalue weighted by molar-refractivity contribution is -0.384. The summed E-state index contributed by atoms with van der Waals surface area (Å²) < 4.78 is 10.8. The van der Waals surface area contributed by atoms with Crippen molar-refractivity contribution in [3.05, 3.63) is 75.1 Å². The van der Waals surface area contributed by atoms with Gasteiger partial charge in [-0.2, -0.15) is 11.8 Å². The van der Waals surface area contributed by atoms with E-state index in [0.29, 0.717) is 18.1 Å². The van der Waals surface area contributed by atoms with Crippen LogP contribution in [0.5, 0.6) is 0 Å². The number of nitro groups is 1. The molecule has 12 heteroatoms. The molecule has 0 fully saturated rings. The highest BCUT2D eigenvalue weighted by Gasteiger charge is 2.25. The Balaban J connectivity index is 1.64. The molecule has 0 saturated heterocycles. The molecular weight excluding hydrogens is 472 g/mol. The zero-order valence-electron chi connectivity index (χ0n) is 17.4. The van der Waals surface area contributed by atoms with Crippen LogP contribution in [0, 0.1) is 10.1 Å². The topological polar surface area (TPSA) is 137 Å². The fraction of sp³-hybridized carbons (Fsp3) is 0.238. The van der Waals surface area contributed by atoms with Crippen molar-refractivity contribution in [1.82, 2.24) is 15.5 Å². The first kappa shape index (κ1) is 24.2. The van der Waals surface area contributed by atoms with Crippen LogP contribution < -0.4 is 5.32 Å². The standard InChI is InChI=1S/C21H19ClN4O6S/c1-33-10-9-17(23-19(27)15-8-7-14(26(29)30)11-16(15)22)21(28)31-12-18-24-25-20(32-18)13-5-3-2-4-6-13/h2-8,11,17H,9-10,12H2,1H3,(H,23,27). The maximum absolute atomic E-state index is 12.6. The summed E-state index contributed by atoms with van der Waals surface area (Å²) in [5.41, 5.74) is 0.491. The average Bonchev–Trinajstić information content (AvgIpc) is 3.29. The molecule has 1 heterocycles. The second-order valence-corrected chi connectivity index (χ2v) is 8.10. The Kier molecular flexibility index (Phi) is 8.39. The van der Waals surface area contributed by atoms with Crippen molar-refractivity contribution in [1.29, 1.82) is 0 Å². The van der Waals surface area contributed by atoms with Gasteiger partial charge in [-0.05, 0) is 36.6 Å². The average molecular weight is 491 g/mol. The minimum absolute atomic E-state index is 0.00798. The van der Waals surface area contributed by atoms with Gasteiger partial charge in [-0.1, -0.05) is 29.8 Å². The molecule has 0 radical (unpaired) electrons. The van der Waals surface area contributed by atoms with Crippen LogP contribution in [0.2, 0.25) is 5.02 Å². The Morgan fingerprint density at radius 2 is 2.00 bits per heavy atom. The van der Waals surface area contributed by atoms with Gasteiger partial charge in [-0.25, -0.2) is 4.79 Å². The third-order valence-electron chi connectivity index (χ3n) is 4.43. The van der Waals surface area contributed by atoms with Gasteiger partial charge in [0.05, 0.1) is 15.5 Å². The van der Waals surface area contributed by atoms with Crippen molar-refractivity contribution in [2.24, 2.45) is 0 Å².